The first-order valence-corrected chi connectivity index (χ1v) is 42.4. The van der Waals surface area contributed by atoms with Gasteiger partial charge in [0, 0.05) is 121 Å². The van der Waals surface area contributed by atoms with Crippen LogP contribution in [0.1, 0.15) is 0 Å². The molecule has 28 rings (SSSR count). The summed E-state index contributed by atoms with van der Waals surface area (Å²) in [5.41, 5.74) is 12.0. The van der Waals surface area contributed by atoms with E-state index in [2.05, 4.69) is 361 Å². The molecule has 28 aromatic rings. The third-order valence-corrected chi connectivity index (χ3v) is 28.6. The zero-order chi connectivity index (χ0) is 76.7. The van der Waals surface area contributed by atoms with Crippen molar-refractivity contribution in [1.82, 2.24) is 29.1 Å². The third-order valence-electron chi connectivity index (χ3n) is 25.1. The van der Waals surface area contributed by atoms with Crippen molar-refractivity contribution in [3.05, 3.63) is 352 Å². The van der Waals surface area contributed by atoms with Crippen LogP contribution < -0.4 is 0 Å². The number of hydrogen-bond acceptors (Lipinski definition) is 8. The number of benzene rings is 20. The topological polar surface area (TPSA) is 74.6 Å². The van der Waals surface area contributed by atoms with Crippen LogP contribution in [0, 0.1) is 0 Å². The molecule has 10 heteroatoms. The van der Waals surface area contributed by atoms with Crippen molar-refractivity contribution in [3.63, 3.8) is 0 Å². The summed E-state index contributed by atoms with van der Waals surface area (Å²) in [5.74, 6) is 1.32. The van der Waals surface area contributed by atoms with Gasteiger partial charge in [0.05, 0.1) is 53.9 Å². The summed E-state index contributed by atoms with van der Waals surface area (Å²) in [6.07, 6.45) is 0. The minimum atomic E-state index is 0.642. The van der Waals surface area contributed by atoms with Crippen molar-refractivity contribution >= 4 is 268 Å². The Kier molecular flexibility index (Phi) is 13.4. The van der Waals surface area contributed by atoms with Crippen LogP contribution in [0.2, 0.25) is 0 Å². The van der Waals surface area contributed by atoms with Gasteiger partial charge in [0.2, 0.25) is 11.9 Å². The van der Waals surface area contributed by atoms with Gasteiger partial charge in [0.1, 0.15) is 11.2 Å². The van der Waals surface area contributed by atoms with Crippen LogP contribution in [0.25, 0.3) is 268 Å². The molecule has 20 aromatic carbocycles. The molecule has 0 atom stereocenters. The van der Waals surface area contributed by atoms with E-state index in [-0.39, 0.29) is 0 Å². The van der Waals surface area contributed by atoms with Gasteiger partial charge in [0.15, 0.2) is 0 Å². The van der Waals surface area contributed by atoms with Crippen molar-refractivity contribution in [2.45, 2.75) is 0 Å². The maximum absolute atomic E-state index is 6.79. The van der Waals surface area contributed by atoms with E-state index < -0.39 is 0 Å². The minimum absolute atomic E-state index is 0.642. The van der Waals surface area contributed by atoms with Gasteiger partial charge >= 0.3 is 0 Å². The quantitative estimate of drug-likeness (QED) is 0.164. The van der Waals surface area contributed by atoms with Crippen LogP contribution in [0.5, 0.6) is 0 Å². The average Bonchev–Trinajstić information content (AvgIpc) is 1.65. The maximum atomic E-state index is 6.79. The first kappa shape index (κ1) is 64.6. The second-order valence-corrected chi connectivity index (χ2v) is 34.4. The van der Waals surface area contributed by atoms with Crippen LogP contribution in [0.15, 0.2) is 356 Å². The molecule has 0 amide bonds. The monoisotopic (exact) mass is 1550 g/mol. The summed E-state index contributed by atoms with van der Waals surface area (Å²) >= 11 is 5.58. The molecule has 0 aliphatic carbocycles. The summed E-state index contributed by atoms with van der Waals surface area (Å²) in [7, 11) is 0. The van der Waals surface area contributed by atoms with Gasteiger partial charge in [0.25, 0.3) is 0 Å². The predicted molar refractivity (Wildman–Crippen MR) is 505 cm³/mol. The van der Waals surface area contributed by atoms with Crippen molar-refractivity contribution in [3.8, 4) is 34.4 Å². The molecule has 8 aromatic heterocycles. The van der Waals surface area contributed by atoms with Gasteiger partial charge in [-0.25, -0.2) is 19.9 Å². The van der Waals surface area contributed by atoms with Crippen molar-refractivity contribution in [2.24, 2.45) is 0 Å². The molecule has 0 aliphatic rings. The first-order chi connectivity index (χ1) is 58.6. The van der Waals surface area contributed by atoms with Gasteiger partial charge in [-0.1, -0.05) is 297 Å². The minimum Gasteiger partial charge on any atom is -0.455 e. The molecule has 118 heavy (non-hydrogen) atoms. The first-order valence-electron chi connectivity index (χ1n) is 40.0. The van der Waals surface area contributed by atoms with Crippen LogP contribution >= 0.6 is 34.0 Å². The predicted octanol–water partition coefficient (Wildman–Crippen LogP) is 31.0. The SMILES string of the molecule is c1ccc2c(c1)ccc1c3ccc(-c4nc(-n5c6ccccc6c6c7ccccc7c7c8ccccc8sc7c65)nc5c6ccccc6c6ccccc6c45)cc3oc21.c1ccc2c(c1)ccc1sc3cc(-c4nc(-n5c6ccccc6c6c7ccccc7c7c8ccccc8sc7c65)nc5c6ccccc6c6ccccc6c45)ccc3c12. The fourth-order valence-corrected chi connectivity index (χ4v) is 23.8. The lowest BCUT2D eigenvalue weighted by molar-refractivity contribution is 0.673. The van der Waals surface area contributed by atoms with Crippen LogP contribution in [-0.2, 0) is 0 Å². The Bertz CT molecular complexity index is 8990. The molecule has 0 unspecified atom stereocenters. The molecule has 0 saturated carbocycles. The smallest absolute Gasteiger partial charge is 0.235 e. The van der Waals surface area contributed by atoms with E-state index in [1.165, 1.54) is 136 Å². The highest BCUT2D eigenvalue weighted by Gasteiger charge is 2.29. The van der Waals surface area contributed by atoms with E-state index in [0.29, 0.717) is 11.9 Å². The Morgan fingerprint density at radius 2 is 0.585 bits per heavy atom. The van der Waals surface area contributed by atoms with E-state index in [0.717, 1.165) is 121 Å². The van der Waals surface area contributed by atoms with Crippen LogP contribution in [0.3, 0.4) is 0 Å². The number of para-hydroxylation sites is 2. The highest BCUT2D eigenvalue weighted by atomic mass is 32.1. The number of rotatable bonds is 4. The zero-order valence-corrected chi connectivity index (χ0v) is 65.3. The van der Waals surface area contributed by atoms with E-state index in [4.69, 9.17) is 24.4 Å². The maximum Gasteiger partial charge on any atom is 0.235 e. The molecule has 0 spiro atoms. The zero-order valence-electron chi connectivity index (χ0n) is 62.8. The van der Waals surface area contributed by atoms with E-state index in [1.54, 1.807) is 0 Å². The standard InChI is InChI=1S/C54H29N3OS.C54H29N3S2/c1-2-14-32-30(13-1)25-28-40-35-27-26-31(29-44(35)58-52(32)40)49-48-36-17-5-3-15-33(36)34-16-4-8-20-39(34)50(48)56-54(55-49)57-43-23-11-9-21-41(43)46-37-18-6-7-19-38(37)47-42-22-10-12-24-45(42)59-53(47)51(46)57;1-2-14-32-30(13-1)26-28-44-46(32)41-27-25-31(29-45(41)58-44)50-49-35-17-5-3-15-33(35)34-16-4-8-20-38(34)51(49)56-54(55-50)57-42-23-11-9-21-39(42)47-36-18-6-7-19-37(36)48-40-22-10-12-24-43(40)59-53(48)52(47)57/h2*1-29H. The largest absolute Gasteiger partial charge is 0.455 e. The molecule has 0 fully saturated rings. The van der Waals surface area contributed by atoms with Gasteiger partial charge in [-0.3, -0.25) is 9.13 Å². The Labute approximate surface area is 682 Å². The Hall–Kier alpha value is -14.8. The van der Waals surface area contributed by atoms with Crippen molar-refractivity contribution in [2.75, 3.05) is 0 Å². The average molecular weight is 1550 g/mol. The lowest BCUT2D eigenvalue weighted by Gasteiger charge is -2.16. The third kappa shape index (κ3) is 8.94. The Balaban J connectivity index is 0.000000126. The lowest BCUT2D eigenvalue weighted by atomic mass is 9.94. The van der Waals surface area contributed by atoms with Gasteiger partial charge in [-0.2, -0.15) is 0 Å². The lowest BCUT2D eigenvalue weighted by Crippen LogP contribution is -2.04. The van der Waals surface area contributed by atoms with Gasteiger partial charge < -0.3 is 4.42 Å². The normalized spacial score (nSPS) is 12.4. The van der Waals surface area contributed by atoms with Crippen LogP contribution in [-0.4, -0.2) is 29.1 Å². The molecular formula is C108H58N6OS3. The number of nitrogens with zero attached hydrogens (tertiary/aromatic N) is 6. The fraction of sp³-hybridized carbons (Fsp3) is 0. The molecule has 0 aliphatic heterocycles. The highest BCUT2D eigenvalue weighted by molar-refractivity contribution is 7.27. The second-order valence-electron chi connectivity index (χ2n) is 31.2. The van der Waals surface area contributed by atoms with Gasteiger partial charge in [-0.05, 0) is 125 Å². The molecule has 0 bridgehead atoms. The summed E-state index contributed by atoms with van der Waals surface area (Å²) in [4.78, 5) is 22.9. The Morgan fingerprint density at radius 1 is 0.220 bits per heavy atom. The van der Waals surface area contributed by atoms with Crippen molar-refractivity contribution in [1.29, 1.82) is 0 Å². The number of thiophene rings is 3. The van der Waals surface area contributed by atoms with Crippen LogP contribution in [0.4, 0.5) is 0 Å². The fourth-order valence-electron chi connectivity index (χ4n) is 20.1. The summed E-state index contributed by atoms with van der Waals surface area (Å²) < 4.78 is 19.1. The number of aromatic nitrogens is 6. The molecule has 8 heterocycles. The number of fused-ring (bicyclic) bond motifs is 42. The molecule has 7 nitrogen and oxygen atoms in total. The summed E-state index contributed by atoms with van der Waals surface area (Å²) in [6, 6.07) is 127. The highest BCUT2D eigenvalue weighted by Crippen LogP contribution is 2.53. The molecule has 544 valence electrons. The summed E-state index contributed by atoms with van der Waals surface area (Å²) in [6.45, 7) is 0. The molecule has 0 radical (unpaired) electrons. The summed E-state index contributed by atoms with van der Waals surface area (Å²) in [5, 5.41) is 36.0. The molecular weight excluding hydrogens is 1490 g/mol. The molecule has 0 N–H and O–H groups in total. The second kappa shape index (κ2) is 24.4. The van der Waals surface area contributed by atoms with E-state index in [1.807, 2.05) is 34.0 Å². The van der Waals surface area contributed by atoms with E-state index >= 15 is 0 Å². The van der Waals surface area contributed by atoms with E-state index in [9.17, 15) is 0 Å². The van der Waals surface area contributed by atoms with Gasteiger partial charge in [-0.15, -0.1) is 34.0 Å². The number of furan rings is 1. The molecule has 0 saturated heterocycles. The Morgan fingerprint density at radius 3 is 1.10 bits per heavy atom. The number of hydrogen-bond donors (Lipinski definition) is 0. The van der Waals surface area contributed by atoms with Crippen molar-refractivity contribution < 1.29 is 4.42 Å².